The highest BCUT2D eigenvalue weighted by Gasteiger charge is 2.26. The molecule has 8 heteroatoms. The fourth-order valence-corrected chi connectivity index (χ4v) is 6.43. The van der Waals surface area contributed by atoms with Gasteiger partial charge in [0.2, 0.25) is 0 Å². The van der Waals surface area contributed by atoms with Crippen molar-refractivity contribution in [1.29, 1.82) is 0 Å². The molecule has 0 atom stereocenters. The van der Waals surface area contributed by atoms with E-state index >= 15 is 0 Å². The first-order valence-corrected chi connectivity index (χ1v) is 14.4. The summed E-state index contributed by atoms with van der Waals surface area (Å²) in [5.41, 5.74) is 0. The minimum atomic E-state index is 1.12. The summed E-state index contributed by atoms with van der Waals surface area (Å²) in [5.74, 6) is 2.37. The van der Waals surface area contributed by atoms with Gasteiger partial charge in [0.15, 0.2) is 0 Å². The van der Waals surface area contributed by atoms with Crippen LogP contribution in [0.3, 0.4) is 0 Å². The van der Waals surface area contributed by atoms with E-state index in [4.69, 9.17) is 24.4 Å². The van der Waals surface area contributed by atoms with Crippen LogP contribution in [0.2, 0.25) is 0 Å². The highest BCUT2D eigenvalue weighted by molar-refractivity contribution is 8.23. The van der Waals surface area contributed by atoms with Crippen molar-refractivity contribution in [2.24, 2.45) is 0 Å². The van der Waals surface area contributed by atoms with E-state index in [9.17, 15) is 0 Å². The minimum absolute atomic E-state index is 1.12. The summed E-state index contributed by atoms with van der Waals surface area (Å²) < 4.78 is 4.51. The number of thioether (sulfide) groups is 2. The maximum absolute atomic E-state index is 5.64. The Morgan fingerprint density at radius 2 is 0.900 bits per heavy atom. The molecule has 2 fully saturated rings. The molecule has 2 heterocycles. The second kappa shape index (κ2) is 13.2. The van der Waals surface area contributed by atoms with Crippen LogP contribution in [-0.4, -0.2) is 119 Å². The van der Waals surface area contributed by atoms with Gasteiger partial charge in [-0.2, -0.15) is 0 Å². The maximum Gasteiger partial charge on any atom is 0.136 e. The van der Waals surface area contributed by atoms with Gasteiger partial charge >= 0.3 is 0 Å². The summed E-state index contributed by atoms with van der Waals surface area (Å²) in [5, 5.41) is 0. The van der Waals surface area contributed by atoms with Crippen LogP contribution in [0.5, 0.6) is 0 Å². The van der Waals surface area contributed by atoms with Crippen molar-refractivity contribution >= 4 is 56.6 Å². The van der Waals surface area contributed by atoms with Crippen LogP contribution in [-0.2, 0) is 0 Å². The van der Waals surface area contributed by atoms with E-state index in [0.717, 1.165) is 43.8 Å². The number of thiocarbonyl (C=S) groups is 2. The van der Waals surface area contributed by atoms with Gasteiger partial charge in [0.05, 0.1) is 80.5 Å². The lowest BCUT2D eigenvalue weighted by molar-refractivity contribution is -0.893. The van der Waals surface area contributed by atoms with Gasteiger partial charge in [-0.25, -0.2) is 0 Å². The summed E-state index contributed by atoms with van der Waals surface area (Å²) in [4.78, 5) is 4.82. The molecule has 0 unspecified atom stereocenters. The van der Waals surface area contributed by atoms with Gasteiger partial charge in [0, 0.05) is 11.5 Å². The third-order valence-electron chi connectivity index (χ3n) is 6.41. The normalized spacial score (nSPS) is 20.9. The molecule has 0 aliphatic carbocycles. The molecule has 0 bridgehead atoms. The quantitative estimate of drug-likeness (QED) is 0.269. The average molecular weight is 493 g/mol. The van der Waals surface area contributed by atoms with Crippen molar-refractivity contribution in [3.8, 4) is 0 Å². The third kappa shape index (κ3) is 10.3. The standard InChI is InChI=1S/C22H44N4S4/c1-25(2)15-11-23(12-16-25)21(27)29-19-9-7-5-6-8-10-20-30-22(28)24-13-17-26(3,4)18-14-24/h5-20H2,1-4H3/q+2. The Labute approximate surface area is 205 Å². The Morgan fingerprint density at radius 3 is 1.23 bits per heavy atom. The molecule has 0 aromatic rings. The molecule has 0 amide bonds. The van der Waals surface area contributed by atoms with E-state index in [1.54, 1.807) is 0 Å². The molecule has 0 radical (unpaired) electrons. The van der Waals surface area contributed by atoms with Crippen LogP contribution < -0.4 is 0 Å². The van der Waals surface area contributed by atoms with Crippen LogP contribution in [0.1, 0.15) is 38.5 Å². The van der Waals surface area contributed by atoms with Crippen molar-refractivity contribution in [3.05, 3.63) is 0 Å². The second-order valence-corrected chi connectivity index (χ2v) is 13.5. The Hall–Kier alpha value is 0.400. The summed E-state index contributed by atoms with van der Waals surface area (Å²) in [6.45, 7) is 9.31. The molecular weight excluding hydrogens is 449 g/mol. The zero-order chi connectivity index (χ0) is 22.0. The number of piperazine rings is 2. The van der Waals surface area contributed by atoms with E-state index in [1.165, 1.54) is 76.2 Å². The number of unbranched alkanes of at least 4 members (excludes halogenated alkanes) is 5. The van der Waals surface area contributed by atoms with Crippen molar-refractivity contribution in [1.82, 2.24) is 9.80 Å². The first-order valence-electron chi connectivity index (χ1n) is 11.7. The van der Waals surface area contributed by atoms with Crippen molar-refractivity contribution in [2.45, 2.75) is 38.5 Å². The van der Waals surface area contributed by atoms with E-state index in [0.29, 0.717) is 0 Å². The highest BCUT2D eigenvalue weighted by Crippen LogP contribution is 2.19. The number of likely N-dealkylation sites (N-methyl/N-ethyl adjacent to an activating group) is 2. The molecule has 2 saturated heterocycles. The van der Waals surface area contributed by atoms with E-state index < -0.39 is 0 Å². The van der Waals surface area contributed by atoms with E-state index in [-0.39, 0.29) is 0 Å². The fraction of sp³-hybridized carbons (Fsp3) is 0.909. The average Bonchev–Trinajstić information content (AvgIpc) is 2.69. The lowest BCUT2D eigenvalue weighted by Crippen LogP contribution is -2.55. The van der Waals surface area contributed by atoms with E-state index in [2.05, 4.69) is 38.0 Å². The molecule has 174 valence electrons. The van der Waals surface area contributed by atoms with Gasteiger partial charge in [0.25, 0.3) is 0 Å². The first kappa shape index (κ1) is 26.7. The molecule has 2 aliphatic rings. The zero-order valence-electron chi connectivity index (χ0n) is 19.7. The minimum Gasteiger partial charge on any atom is -0.346 e. The topological polar surface area (TPSA) is 6.48 Å². The van der Waals surface area contributed by atoms with Gasteiger partial charge < -0.3 is 18.8 Å². The number of hydrogen-bond donors (Lipinski definition) is 0. The number of nitrogens with zero attached hydrogens (tertiary/aromatic N) is 4. The predicted molar refractivity (Wildman–Crippen MR) is 145 cm³/mol. The third-order valence-corrected chi connectivity index (χ3v) is 9.63. The predicted octanol–water partition coefficient (Wildman–Crippen LogP) is 4.15. The maximum atomic E-state index is 5.64. The fourth-order valence-electron chi connectivity index (χ4n) is 3.79. The smallest absolute Gasteiger partial charge is 0.136 e. The molecule has 0 aromatic heterocycles. The van der Waals surface area contributed by atoms with Crippen LogP contribution in [0, 0.1) is 0 Å². The van der Waals surface area contributed by atoms with Crippen LogP contribution >= 0.6 is 48.0 Å². The molecule has 30 heavy (non-hydrogen) atoms. The highest BCUT2D eigenvalue weighted by atomic mass is 32.2. The Balaban J connectivity index is 1.38. The summed E-state index contributed by atoms with van der Waals surface area (Å²) in [6, 6.07) is 0. The monoisotopic (exact) mass is 492 g/mol. The molecule has 2 aliphatic heterocycles. The molecule has 4 nitrogen and oxygen atoms in total. The van der Waals surface area contributed by atoms with Crippen LogP contribution in [0.15, 0.2) is 0 Å². The molecule has 0 saturated carbocycles. The Kier molecular flexibility index (Phi) is 11.7. The second-order valence-electron chi connectivity index (χ2n) is 10.1. The summed E-state index contributed by atoms with van der Waals surface area (Å²) in [7, 11) is 9.26. The van der Waals surface area contributed by atoms with Gasteiger partial charge in [0.1, 0.15) is 8.64 Å². The van der Waals surface area contributed by atoms with E-state index in [1.807, 2.05) is 23.5 Å². The molecule has 0 N–H and O–H groups in total. The Bertz CT molecular complexity index is 485. The lowest BCUT2D eigenvalue weighted by Gasteiger charge is -2.39. The van der Waals surface area contributed by atoms with Gasteiger partial charge in [-0.1, -0.05) is 73.6 Å². The van der Waals surface area contributed by atoms with Gasteiger partial charge in [-0.3, -0.25) is 0 Å². The molecule has 2 rings (SSSR count). The van der Waals surface area contributed by atoms with Crippen molar-refractivity contribution in [3.63, 3.8) is 0 Å². The zero-order valence-corrected chi connectivity index (χ0v) is 23.0. The summed E-state index contributed by atoms with van der Waals surface area (Å²) in [6.07, 6.45) is 7.99. The van der Waals surface area contributed by atoms with Crippen molar-refractivity contribution < 1.29 is 8.97 Å². The lowest BCUT2D eigenvalue weighted by atomic mass is 10.1. The largest absolute Gasteiger partial charge is 0.346 e. The molecule has 0 aromatic carbocycles. The van der Waals surface area contributed by atoms with Gasteiger partial charge in [-0.15, -0.1) is 0 Å². The number of quaternary nitrogens is 2. The van der Waals surface area contributed by atoms with Gasteiger partial charge in [-0.05, 0) is 12.8 Å². The summed E-state index contributed by atoms with van der Waals surface area (Å²) >= 11 is 15.1. The van der Waals surface area contributed by atoms with Crippen molar-refractivity contribution in [2.75, 3.05) is 92.1 Å². The van der Waals surface area contributed by atoms with Crippen LogP contribution in [0.4, 0.5) is 0 Å². The molecular formula is C22H44N4S4+2. The number of hydrogen-bond acceptors (Lipinski definition) is 4. The molecule has 0 spiro atoms. The SMILES string of the molecule is C[N+]1(C)CCN(C(=S)SCCCCCCCCSC(=S)N2CC[N+](C)(C)CC2)CC1. The first-order chi connectivity index (χ1) is 14.2. The number of rotatable bonds is 9. The Morgan fingerprint density at radius 1 is 0.600 bits per heavy atom. The van der Waals surface area contributed by atoms with Crippen LogP contribution in [0.25, 0.3) is 0 Å².